The Balaban J connectivity index is 1.13. The number of para-hydroxylation sites is 2. The van der Waals surface area contributed by atoms with Gasteiger partial charge in [-0.05, 0) is 78.1 Å². The van der Waals surface area contributed by atoms with E-state index < -0.39 is 18.5 Å². The molecule has 0 saturated carbocycles. The van der Waals surface area contributed by atoms with Crippen molar-refractivity contribution in [2.75, 3.05) is 18.7 Å². The average Bonchev–Trinajstić information content (AvgIpc) is 3.66. The molecule has 1 N–H and O–H groups in total. The van der Waals surface area contributed by atoms with Gasteiger partial charge in [0, 0.05) is 17.1 Å². The molecule has 1 aliphatic carbocycles. The van der Waals surface area contributed by atoms with E-state index in [9.17, 15) is 9.59 Å². The molecule has 212 valence electrons. The van der Waals surface area contributed by atoms with Gasteiger partial charge in [-0.3, -0.25) is 4.79 Å². The lowest BCUT2D eigenvalue weighted by Gasteiger charge is -2.13. The van der Waals surface area contributed by atoms with Crippen LogP contribution in [0.5, 0.6) is 23.0 Å². The van der Waals surface area contributed by atoms with Gasteiger partial charge in [-0.2, -0.15) is 0 Å². The Labute approximate surface area is 247 Å². The zero-order valence-electron chi connectivity index (χ0n) is 23.0. The minimum absolute atomic E-state index is 0.139. The molecule has 8 nitrogen and oxygen atoms in total. The lowest BCUT2D eigenvalue weighted by molar-refractivity contribution is -0.119. The molecule has 0 atom stereocenters. The number of pyridine rings is 1. The van der Waals surface area contributed by atoms with E-state index >= 15 is 0 Å². The Bertz CT molecular complexity index is 1900. The third kappa shape index (κ3) is 5.50. The van der Waals surface area contributed by atoms with Crippen LogP contribution in [-0.4, -0.2) is 30.3 Å². The van der Waals surface area contributed by atoms with E-state index in [1.807, 2.05) is 78.9 Å². The fourth-order valence-electron chi connectivity index (χ4n) is 5.38. The average molecular weight is 571 g/mol. The van der Waals surface area contributed by atoms with Crippen molar-refractivity contribution < 1.29 is 28.5 Å². The second-order valence-electron chi connectivity index (χ2n) is 10.2. The predicted molar refractivity (Wildman–Crippen MR) is 162 cm³/mol. The van der Waals surface area contributed by atoms with Gasteiger partial charge in [0.1, 0.15) is 11.5 Å². The summed E-state index contributed by atoms with van der Waals surface area (Å²) in [4.78, 5) is 31.1. The molecule has 0 saturated heterocycles. The van der Waals surface area contributed by atoms with E-state index in [1.54, 1.807) is 18.2 Å². The van der Waals surface area contributed by atoms with Crippen molar-refractivity contribution in [3.63, 3.8) is 0 Å². The van der Waals surface area contributed by atoms with Crippen molar-refractivity contribution in [2.45, 2.75) is 12.8 Å². The van der Waals surface area contributed by atoms with E-state index in [1.165, 1.54) is 0 Å². The lowest BCUT2D eigenvalue weighted by atomic mass is 10.0. The monoisotopic (exact) mass is 570 g/mol. The van der Waals surface area contributed by atoms with Crippen molar-refractivity contribution in [3.8, 4) is 23.0 Å². The minimum Gasteiger partial charge on any atom is -0.457 e. The third-order valence-electron chi connectivity index (χ3n) is 7.31. The molecule has 1 aromatic heterocycles. The number of hydrogen-bond acceptors (Lipinski definition) is 7. The summed E-state index contributed by atoms with van der Waals surface area (Å²) >= 11 is 0. The summed E-state index contributed by atoms with van der Waals surface area (Å²) in [5.41, 5.74) is 5.23. The van der Waals surface area contributed by atoms with Gasteiger partial charge in [0.25, 0.3) is 5.91 Å². The molecule has 2 heterocycles. The molecule has 1 aliphatic heterocycles. The van der Waals surface area contributed by atoms with E-state index in [4.69, 9.17) is 23.9 Å². The van der Waals surface area contributed by atoms with Gasteiger partial charge < -0.3 is 24.3 Å². The molecule has 4 aromatic carbocycles. The van der Waals surface area contributed by atoms with E-state index in [0.29, 0.717) is 46.5 Å². The number of carbonyl (C=O) groups is 2. The first-order valence-electron chi connectivity index (χ1n) is 13.9. The maximum absolute atomic E-state index is 13.5. The third-order valence-corrected chi connectivity index (χ3v) is 7.31. The van der Waals surface area contributed by atoms with Gasteiger partial charge >= 0.3 is 5.97 Å². The van der Waals surface area contributed by atoms with Crippen LogP contribution in [0, 0.1) is 0 Å². The number of rotatable bonds is 7. The molecule has 2 aliphatic rings. The second-order valence-corrected chi connectivity index (χ2v) is 10.2. The number of nitrogens with zero attached hydrogens (tertiary/aromatic N) is 1. The van der Waals surface area contributed by atoms with Gasteiger partial charge in [0.15, 0.2) is 18.1 Å². The van der Waals surface area contributed by atoms with E-state index in [-0.39, 0.29) is 6.79 Å². The number of benzene rings is 4. The number of anilines is 1. The molecule has 0 radical (unpaired) electrons. The number of ether oxygens (including phenoxy) is 4. The van der Waals surface area contributed by atoms with Crippen LogP contribution >= 0.6 is 0 Å². The Morgan fingerprint density at radius 2 is 1.65 bits per heavy atom. The SMILES string of the molecule is O=C(COC(=O)c1c2c(nc3ccccc13)/C(=C\c1cccc(Oc3ccccc3)c1)CC2)Nc1ccc2c(c1)OCO2. The molecule has 0 bridgehead atoms. The number of allylic oxidation sites excluding steroid dienone is 1. The number of amides is 1. The standard InChI is InChI=1S/C35H26N2O6/c38-32(36-24-14-16-30-31(19-24)42-21-41-30)20-40-35(39)33-27-11-4-5-12-29(27)37-34-23(13-15-28(33)34)17-22-7-6-10-26(18-22)43-25-8-2-1-3-9-25/h1-12,14,16-19H,13,15,20-21H2,(H,36,38)/b23-17-. The number of fused-ring (bicyclic) bond motifs is 3. The number of carbonyl (C=O) groups excluding carboxylic acids is 2. The lowest BCUT2D eigenvalue weighted by Crippen LogP contribution is -2.21. The Hall–Kier alpha value is -5.63. The molecule has 43 heavy (non-hydrogen) atoms. The highest BCUT2D eigenvalue weighted by Gasteiger charge is 2.28. The minimum atomic E-state index is -0.560. The maximum atomic E-state index is 13.5. The quantitative estimate of drug-likeness (QED) is 0.210. The van der Waals surface area contributed by atoms with Gasteiger partial charge in [-0.1, -0.05) is 48.5 Å². The summed E-state index contributed by atoms with van der Waals surface area (Å²) in [5, 5.41) is 3.43. The fraction of sp³-hybridized carbons (Fsp3) is 0.114. The van der Waals surface area contributed by atoms with Crippen molar-refractivity contribution >= 4 is 40.1 Å². The summed E-state index contributed by atoms with van der Waals surface area (Å²) in [6, 6.07) is 30.1. The van der Waals surface area contributed by atoms with Gasteiger partial charge in [0.2, 0.25) is 6.79 Å². The Kier molecular flexibility index (Phi) is 6.92. The fourth-order valence-corrected chi connectivity index (χ4v) is 5.38. The zero-order valence-corrected chi connectivity index (χ0v) is 23.0. The van der Waals surface area contributed by atoms with Gasteiger partial charge in [0.05, 0.1) is 16.8 Å². The first-order valence-corrected chi connectivity index (χ1v) is 13.9. The molecule has 5 aromatic rings. The molecule has 1 amide bonds. The van der Waals surface area contributed by atoms with Crippen LogP contribution < -0.4 is 19.5 Å². The molecule has 7 rings (SSSR count). The zero-order chi connectivity index (χ0) is 29.2. The van der Waals surface area contributed by atoms with Crippen molar-refractivity contribution in [1.29, 1.82) is 0 Å². The number of hydrogen-bond donors (Lipinski definition) is 1. The molecule has 8 heteroatoms. The predicted octanol–water partition coefficient (Wildman–Crippen LogP) is 7.04. The first kappa shape index (κ1) is 26.3. The summed E-state index contributed by atoms with van der Waals surface area (Å²) in [6.07, 6.45) is 3.43. The van der Waals surface area contributed by atoms with Crippen LogP contribution in [0.1, 0.15) is 33.6 Å². The highest BCUT2D eigenvalue weighted by molar-refractivity contribution is 6.08. The highest BCUT2D eigenvalue weighted by Crippen LogP contribution is 2.38. The topological polar surface area (TPSA) is 96.0 Å². The molecular formula is C35H26N2O6. The van der Waals surface area contributed by atoms with Crippen LogP contribution in [0.2, 0.25) is 0 Å². The van der Waals surface area contributed by atoms with Gasteiger partial charge in [-0.25, -0.2) is 9.78 Å². The maximum Gasteiger partial charge on any atom is 0.339 e. The highest BCUT2D eigenvalue weighted by atomic mass is 16.7. The Morgan fingerprint density at radius 3 is 2.56 bits per heavy atom. The van der Waals surface area contributed by atoms with E-state index in [2.05, 4.69) is 11.4 Å². The van der Waals surface area contributed by atoms with Crippen LogP contribution in [0.25, 0.3) is 22.6 Å². The first-order chi connectivity index (χ1) is 21.1. The van der Waals surface area contributed by atoms with E-state index in [0.717, 1.165) is 33.9 Å². The number of aromatic nitrogens is 1. The van der Waals surface area contributed by atoms with Gasteiger partial charge in [-0.15, -0.1) is 0 Å². The molecule has 0 spiro atoms. The number of esters is 1. The summed E-state index contributed by atoms with van der Waals surface area (Å²) in [6.45, 7) is -0.296. The number of nitrogens with one attached hydrogen (secondary N) is 1. The van der Waals surface area contributed by atoms with Crippen LogP contribution in [0.4, 0.5) is 5.69 Å². The van der Waals surface area contributed by atoms with Crippen LogP contribution in [0.3, 0.4) is 0 Å². The van der Waals surface area contributed by atoms with Crippen molar-refractivity contribution in [2.24, 2.45) is 0 Å². The summed E-state index contributed by atoms with van der Waals surface area (Å²) in [7, 11) is 0. The smallest absolute Gasteiger partial charge is 0.339 e. The van der Waals surface area contributed by atoms with Crippen LogP contribution in [0.15, 0.2) is 97.1 Å². The largest absolute Gasteiger partial charge is 0.457 e. The summed E-state index contributed by atoms with van der Waals surface area (Å²) in [5.74, 6) is 1.64. The van der Waals surface area contributed by atoms with Crippen molar-refractivity contribution in [3.05, 3.63) is 119 Å². The van der Waals surface area contributed by atoms with Crippen LogP contribution in [-0.2, 0) is 16.0 Å². The molecule has 0 unspecified atom stereocenters. The summed E-state index contributed by atoms with van der Waals surface area (Å²) < 4.78 is 22.2. The molecular weight excluding hydrogens is 544 g/mol. The van der Waals surface area contributed by atoms with Crippen molar-refractivity contribution in [1.82, 2.24) is 4.98 Å². The Morgan fingerprint density at radius 1 is 0.837 bits per heavy atom. The second kappa shape index (κ2) is 11.3. The molecule has 0 fully saturated rings. The normalized spacial score (nSPS) is 14.0.